The average Bonchev–Trinajstić information content (AvgIpc) is 2.10. The summed E-state index contributed by atoms with van der Waals surface area (Å²) in [6.45, 7) is 0. The Labute approximate surface area is 82.3 Å². The number of nitrogens with zero attached hydrogens (tertiary/aromatic N) is 4. The molecule has 0 aromatic heterocycles. The highest BCUT2D eigenvalue weighted by Crippen LogP contribution is 2.36. The Morgan fingerprint density at radius 2 is 2.29 bits per heavy atom. The van der Waals surface area contributed by atoms with Gasteiger partial charge in [-0.1, -0.05) is 16.7 Å². The van der Waals surface area contributed by atoms with Crippen LogP contribution in [0.5, 0.6) is 5.75 Å². The highest BCUT2D eigenvalue weighted by molar-refractivity contribution is 6.33. The van der Waals surface area contributed by atoms with Crippen molar-refractivity contribution in [3.8, 4) is 5.75 Å². The monoisotopic (exact) mass is 214 g/mol. The highest BCUT2D eigenvalue weighted by Gasteiger charge is 2.15. The van der Waals surface area contributed by atoms with E-state index in [2.05, 4.69) is 10.0 Å². The van der Waals surface area contributed by atoms with E-state index in [-0.39, 0.29) is 10.7 Å². The van der Waals surface area contributed by atoms with Gasteiger partial charge in [-0.2, -0.15) is 0 Å². The van der Waals surface area contributed by atoms with E-state index in [1.54, 1.807) is 0 Å². The second-order valence-corrected chi connectivity index (χ2v) is 2.65. The van der Waals surface area contributed by atoms with Crippen molar-refractivity contribution in [1.29, 1.82) is 0 Å². The molecule has 8 heteroatoms. The van der Waals surface area contributed by atoms with Gasteiger partial charge in [0.1, 0.15) is 10.8 Å². The van der Waals surface area contributed by atoms with Crippen LogP contribution < -0.4 is 0 Å². The molecule has 0 unspecified atom stereocenters. The lowest BCUT2D eigenvalue weighted by atomic mass is 10.2. The molecule has 7 nitrogen and oxygen atoms in total. The minimum atomic E-state index is -0.748. The minimum Gasteiger partial charge on any atom is -0.507 e. The zero-order valence-corrected chi connectivity index (χ0v) is 7.34. The molecule has 1 aromatic rings. The fourth-order valence-corrected chi connectivity index (χ4v) is 1.04. The van der Waals surface area contributed by atoms with Crippen LogP contribution in [0.2, 0.25) is 5.02 Å². The molecule has 0 radical (unpaired) electrons. The smallest absolute Gasteiger partial charge is 0.291 e. The van der Waals surface area contributed by atoms with E-state index >= 15 is 0 Å². The number of halogens is 1. The molecule has 0 amide bonds. The van der Waals surface area contributed by atoms with Crippen LogP contribution in [0.1, 0.15) is 0 Å². The van der Waals surface area contributed by atoms with Gasteiger partial charge in [-0.3, -0.25) is 10.1 Å². The number of hydrogen-bond acceptors (Lipinski definition) is 4. The average molecular weight is 215 g/mol. The summed E-state index contributed by atoms with van der Waals surface area (Å²) in [5, 5.41) is 22.4. The van der Waals surface area contributed by atoms with Gasteiger partial charge >= 0.3 is 0 Å². The van der Waals surface area contributed by atoms with Crippen LogP contribution in [0.15, 0.2) is 17.2 Å². The molecular formula is C6H3ClN4O3. The summed E-state index contributed by atoms with van der Waals surface area (Å²) >= 11 is 5.50. The molecular weight excluding hydrogens is 212 g/mol. The maximum atomic E-state index is 10.3. The fraction of sp³-hybridized carbons (Fsp3) is 0. The number of hydrogen-bond donors (Lipinski definition) is 1. The molecule has 1 aromatic carbocycles. The van der Waals surface area contributed by atoms with Crippen LogP contribution in [0.3, 0.4) is 0 Å². The third kappa shape index (κ3) is 1.85. The summed E-state index contributed by atoms with van der Waals surface area (Å²) in [5.74, 6) is -0.487. The van der Waals surface area contributed by atoms with Crippen molar-refractivity contribution in [3.63, 3.8) is 0 Å². The van der Waals surface area contributed by atoms with E-state index in [0.29, 0.717) is 0 Å². The summed E-state index contributed by atoms with van der Waals surface area (Å²) in [6, 6.07) is 1.85. The van der Waals surface area contributed by atoms with E-state index < -0.39 is 16.4 Å². The number of benzene rings is 1. The molecule has 0 aliphatic heterocycles. The van der Waals surface area contributed by atoms with Gasteiger partial charge in [0, 0.05) is 4.91 Å². The van der Waals surface area contributed by atoms with Crippen LogP contribution in [0, 0.1) is 10.1 Å². The maximum Gasteiger partial charge on any atom is 0.291 e. The van der Waals surface area contributed by atoms with Gasteiger partial charge in [0.25, 0.3) is 5.69 Å². The van der Waals surface area contributed by atoms with Crippen molar-refractivity contribution in [1.82, 2.24) is 0 Å². The number of phenols is 1. The number of rotatable bonds is 2. The molecule has 0 aliphatic rings. The largest absolute Gasteiger partial charge is 0.507 e. The Balaban J connectivity index is 3.37. The zero-order valence-electron chi connectivity index (χ0n) is 6.59. The first-order valence-electron chi connectivity index (χ1n) is 3.28. The molecule has 0 spiro atoms. The molecule has 0 atom stereocenters. The van der Waals surface area contributed by atoms with Crippen molar-refractivity contribution in [2.75, 3.05) is 0 Å². The Bertz CT molecular complexity index is 413. The predicted octanol–water partition coefficient (Wildman–Crippen LogP) is 2.90. The van der Waals surface area contributed by atoms with Crippen LogP contribution in [0.25, 0.3) is 10.4 Å². The van der Waals surface area contributed by atoms with Gasteiger partial charge < -0.3 is 5.11 Å². The zero-order chi connectivity index (χ0) is 10.7. The van der Waals surface area contributed by atoms with Crippen molar-refractivity contribution in [2.24, 2.45) is 5.11 Å². The quantitative estimate of drug-likeness (QED) is 0.268. The molecule has 0 heterocycles. The third-order valence-corrected chi connectivity index (χ3v) is 1.70. The Kier molecular flexibility index (Phi) is 2.76. The SMILES string of the molecule is [N-]=[N+]=Nc1cc(Cl)c([N+](=O)[O-])cc1O. The number of aromatic hydroxyl groups is 1. The molecule has 0 saturated carbocycles. The number of nitro groups is 1. The van der Waals surface area contributed by atoms with Gasteiger partial charge in [0.15, 0.2) is 0 Å². The molecule has 0 fully saturated rings. The fourth-order valence-electron chi connectivity index (χ4n) is 0.808. The molecule has 0 saturated heterocycles. The first kappa shape index (κ1) is 10.1. The summed E-state index contributed by atoms with van der Waals surface area (Å²) in [6.07, 6.45) is 0. The van der Waals surface area contributed by atoms with Crippen LogP contribution in [-0.2, 0) is 0 Å². The number of phenolic OH excluding ortho intramolecular Hbond substituents is 1. The van der Waals surface area contributed by atoms with E-state index in [1.165, 1.54) is 0 Å². The highest BCUT2D eigenvalue weighted by atomic mass is 35.5. The van der Waals surface area contributed by atoms with E-state index in [4.69, 9.17) is 22.2 Å². The summed E-state index contributed by atoms with van der Waals surface area (Å²) in [5.41, 5.74) is 7.49. The van der Waals surface area contributed by atoms with Gasteiger partial charge in [-0.15, -0.1) is 0 Å². The van der Waals surface area contributed by atoms with E-state index in [9.17, 15) is 10.1 Å². The Morgan fingerprint density at radius 1 is 1.64 bits per heavy atom. The van der Waals surface area contributed by atoms with Gasteiger partial charge in [-0.05, 0) is 11.6 Å². The predicted molar refractivity (Wildman–Crippen MR) is 48.6 cm³/mol. The van der Waals surface area contributed by atoms with Crippen molar-refractivity contribution >= 4 is 23.0 Å². The first-order valence-corrected chi connectivity index (χ1v) is 3.66. The molecule has 1 N–H and O–H groups in total. The minimum absolute atomic E-state index is 0.150. The molecule has 72 valence electrons. The van der Waals surface area contributed by atoms with E-state index in [1.807, 2.05) is 0 Å². The standard InChI is InChI=1S/C6H3ClN4O3/c7-3-1-4(9-10-8)6(12)2-5(3)11(13)14/h1-2,12H. The van der Waals surface area contributed by atoms with Crippen molar-refractivity contribution in [3.05, 3.63) is 37.7 Å². The van der Waals surface area contributed by atoms with Crippen molar-refractivity contribution in [2.45, 2.75) is 0 Å². The normalized spacial score (nSPS) is 9.21. The van der Waals surface area contributed by atoms with Gasteiger partial charge in [-0.25, -0.2) is 0 Å². The molecule has 0 aliphatic carbocycles. The second kappa shape index (κ2) is 3.82. The molecule has 0 bridgehead atoms. The van der Waals surface area contributed by atoms with Gasteiger partial charge in [0.2, 0.25) is 0 Å². The first-order chi connectivity index (χ1) is 6.56. The number of azide groups is 1. The van der Waals surface area contributed by atoms with Crippen LogP contribution in [0.4, 0.5) is 11.4 Å². The van der Waals surface area contributed by atoms with E-state index in [0.717, 1.165) is 12.1 Å². The molecule has 1 rings (SSSR count). The number of nitro benzene ring substituents is 1. The lowest BCUT2D eigenvalue weighted by Gasteiger charge is -1.99. The van der Waals surface area contributed by atoms with Crippen molar-refractivity contribution < 1.29 is 10.0 Å². The summed E-state index contributed by atoms with van der Waals surface area (Å²) < 4.78 is 0. The van der Waals surface area contributed by atoms with Gasteiger partial charge in [0.05, 0.1) is 16.7 Å². The molecule has 14 heavy (non-hydrogen) atoms. The van der Waals surface area contributed by atoms with Crippen LogP contribution >= 0.6 is 11.6 Å². The second-order valence-electron chi connectivity index (χ2n) is 2.24. The maximum absolute atomic E-state index is 10.3. The Morgan fingerprint density at radius 3 is 2.79 bits per heavy atom. The lowest BCUT2D eigenvalue weighted by Crippen LogP contribution is -1.88. The topological polar surface area (TPSA) is 112 Å². The Hall–Kier alpha value is -1.98. The summed E-state index contributed by atoms with van der Waals surface area (Å²) in [4.78, 5) is 12.0. The lowest BCUT2D eigenvalue weighted by molar-refractivity contribution is -0.384. The van der Waals surface area contributed by atoms with Crippen LogP contribution in [-0.4, -0.2) is 10.0 Å². The third-order valence-electron chi connectivity index (χ3n) is 1.39. The summed E-state index contributed by atoms with van der Waals surface area (Å²) in [7, 11) is 0.